The minimum atomic E-state index is 0.111. The molecule has 2 heterocycles. The van der Waals surface area contributed by atoms with Crippen LogP contribution in [0.3, 0.4) is 0 Å². The van der Waals surface area contributed by atoms with E-state index in [9.17, 15) is 4.79 Å². The van der Waals surface area contributed by atoms with Crippen LogP contribution in [0.5, 0.6) is 5.19 Å². The van der Waals surface area contributed by atoms with Crippen LogP contribution in [0.15, 0.2) is 5.38 Å². The van der Waals surface area contributed by atoms with Gasteiger partial charge in [0.25, 0.3) is 5.19 Å². The molecule has 1 fully saturated rings. The van der Waals surface area contributed by atoms with Crippen molar-refractivity contribution < 1.29 is 9.53 Å². The van der Waals surface area contributed by atoms with Crippen LogP contribution in [-0.4, -0.2) is 35.0 Å². The summed E-state index contributed by atoms with van der Waals surface area (Å²) in [5.74, 6) is 0.111. The van der Waals surface area contributed by atoms with E-state index in [2.05, 4.69) is 4.98 Å². The van der Waals surface area contributed by atoms with Crippen molar-refractivity contribution in [1.82, 2.24) is 9.88 Å². The second-order valence-electron chi connectivity index (χ2n) is 3.42. The van der Waals surface area contributed by atoms with E-state index in [1.165, 1.54) is 11.3 Å². The summed E-state index contributed by atoms with van der Waals surface area (Å²) in [6.07, 6.45) is 0.129. The number of hydrogen-bond donors (Lipinski definition) is 0. The molecule has 0 saturated carbocycles. The number of aromatic nitrogens is 1. The maximum atomic E-state index is 10.9. The highest BCUT2D eigenvalue weighted by atomic mass is 32.1. The monoisotopic (exact) mass is 212 g/mol. The summed E-state index contributed by atoms with van der Waals surface area (Å²) in [6, 6.07) is 0. The quantitative estimate of drug-likeness (QED) is 0.736. The van der Waals surface area contributed by atoms with E-state index in [1.54, 1.807) is 11.8 Å². The molecule has 1 aromatic heterocycles. The number of carbonyl (C=O) groups excluding carboxylic acids is 1. The van der Waals surface area contributed by atoms with Gasteiger partial charge in [0.2, 0.25) is 5.91 Å². The molecule has 1 aliphatic heterocycles. The van der Waals surface area contributed by atoms with Gasteiger partial charge in [0.15, 0.2) is 0 Å². The maximum Gasteiger partial charge on any atom is 0.273 e. The molecule has 1 aliphatic rings. The summed E-state index contributed by atoms with van der Waals surface area (Å²) >= 11 is 1.50. The van der Waals surface area contributed by atoms with Crippen molar-refractivity contribution in [3.8, 4) is 5.19 Å². The Hall–Kier alpha value is -1.10. The Morgan fingerprint density at radius 1 is 1.71 bits per heavy atom. The van der Waals surface area contributed by atoms with Gasteiger partial charge < -0.3 is 9.64 Å². The lowest BCUT2D eigenvalue weighted by Gasteiger charge is -2.37. The maximum absolute atomic E-state index is 10.9. The highest BCUT2D eigenvalue weighted by Gasteiger charge is 2.30. The largest absolute Gasteiger partial charge is 0.463 e. The summed E-state index contributed by atoms with van der Waals surface area (Å²) < 4.78 is 5.57. The van der Waals surface area contributed by atoms with Crippen LogP contribution in [0.25, 0.3) is 0 Å². The summed E-state index contributed by atoms with van der Waals surface area (Å²) in [4.78, 5) is 16.8. The average molecular weight is 212 g/mol. The summed E-state index contributed by atoms with van der Waals surface area (Å²) in [7, 11) is 0. The second-order valence-corrected chi connectivity index (χ2v) is 4.24. The third-order valence-corrected chi connectivity index (χ3v) is 3.01. The van der Waals surface area contributed by atoms with E-state index in [0.717, 1.165) is 5.69 Å². The SMILES string of the molecule is CC(=O)N1CC(Oc2nc(C)cs2)C1. The molecule has 1 amide bonds. The standard InChI is InChI=1S/C9H12N2O2S/c1-6-5-14-9(10-6)13-8-3-11(4-8)7(2)12/h5,8H,3-4H2,1-2H3. The molecule has 0 aromatic carbocycles. The van der Waals surface area contributed by atoms with Crippen molar-refractivity contribution in [2.75, 3.05) is 13.1 Å². The van der Waals surface area contributed by atoms with Crippen LogP contribution in [0.2, 0.25) is 0 Å². The Morgan fingerprint density at radius 3 is 2.93 bits per heavy atom. The molecule has 0 unspecified atom stereocenters. The van der Waals surface area contributed by atoms with Crippen molar-refractivity contribution in [2.24, 2.45) is 0 Å². The first-order valence-corrected chi connectivity index (χ1v) is 5.37. The zero-order valence-corrected chi connectivity index (χ0v) is 9.00. The van der Waals surface area contributed by atoms with Crippen LogP contribution in [0, 0.1) is 6.92 Å². The molecule has 0 aliphatic carbocycles. The zero-order chi connectivity index (χ0) is 10.1. The number of amides is 1. The molecular weight excluding hydrogens is 200 g/mol. The van der Waals surface area contributed by atoms with Crippen LogP contribution < -0.4 is 4.74 Å². The number of likely N-dealkylation sites (tertiary alicyclic amines) is 1. The lowest BCUT2D eigenvalue weighted by atomic mass is 10.2. The van der Waals surface area contributed by atoms with Gasteiger partial charge in [0.05, 0.1) is 18.8 Å². The van der Waals surface area contributed by atoms with Gasteiger partial charge in [-0.1, -0.05) is 11.3 Å². The fraction of sp³-hybridized carbons (Fsp3) is 0.556. The molecule has 2 rings (SSSR count). The molecule has 0 radical (unpaired) electrons. The van der Waals surface area contributed by atoms with E-state index in [4.69, 9.17) is 4.74 Å². The predicted molar refractivity (Wildman–Crippen MR) is 53.5 cm³/mol. The molecule has 0 bridgehead atoms. The van der Waals surface area contributed by atoms with E-state index in [-0.39, 0.29) is 12.0 Å². The third kappa shape index (κ3) is 1.87. The Kier molecular flexibility index (Phi) is 2.41. The molecule has 0 atom stereocenters. The molecule has 1 aromatic rings. The normalized spacial score (nSPS) is 16.6. The molecular formula is C9H12N2O2S. The summed E-state index contributed by atoms with van der Waals surface area (Å²) in [6.45, 7) is 4.89. The van der Waals surface area contributed by atoms with Gasteiger partial charge in [-0.3, -0.25) is 4.79 Å². The highest BCUT2D eigenvalue weighted by Crippen LogP contribution is 2.21. The van der Waals surface area contributed by atoms with Crippen LogP contribution in [0.1, 0.15) is 12.6 Å². The Bertz CT molecular complexity index is 344. The zero-order valence-electron chi connectivity index (χ0n) is 8.19. The summed E-state index contributed by atoms with van der Waals surface area (Å²) in [5, 5.41) is 2.66. The van der Waals surface area contributed by atoms with Gasteiger partial charge in [-0.2, -0.15) is 0 Å². The van der Waals surface area contributed by atoms with Gasteiger partial charge in [0.1, 0.15) is 6.10 Å². The predicted octanol–water partition coefficient (Wildman–Crippen LogP) is 1.06. The molecule has 4 nitrogen and oxygen atoms in total. The second kappa shape index (κ2) is 3.57. The lowest BCUT2D eigenvalue weighted by Crippen LogP contribution is -2.55. The van der Waals surface area contributed by atoms with Gasteiger partial charge in [-0.15, -0.1) is 0 Å². The number of thiazole rings is 1. The van der Waals surface area contributed by atoms with E-state index < -0.39 is 0 Å². The molecule has 0 N–H and O–H groups in total. The first-order valence-electron chi connectivity index (χ1n) is 4.49. The number of ether oxygens (including phenoxy) is 1. The fourth-order valence-corrected chi connectivity index (χ4v) is 2.01. The van der Waals surface area contributed by atoms with Crippen LogP contribution >= 0.6 is 11.3 Å². The minimum absolute atomic E-state index is 0.111. The Morgan fingerprint density at radius 2 is 2.43 bits per heavy atom. The van der Waals surface area contributed by atoms with Crippen LogP contribution in [0.4, 0.5) is 0 Å². The Labute approximate surface area is 86.5 Å². The molecule has 0 spiro atoms. The van der Waals surface area contributed by atoms with Crippen molar-refractivity contribution in [3.63, 3.8) is 0 Å². The number of hydrogen-bond acceptors (Lipinski definition) is 4. The van der Waals surface area contributed by atoms with Gasteiger partial charge >= 0.3 is 0 Å². The number of aryl methyl sites for hydroxylation is 1. The topological polar surface area (TPSA) is 42.4 Å². The third-order valence-electron chi connectivity index (χ3n) is 2.16. The van der Waals surface area contributed by atoms with Gasteiger partial charge in [-0.25, -0.2) is 4.98 Å². The average Bonchev–Trinajstić information content (AvgIpc) is 2.42. The van der Waals surface area contributed by atoms with Crippen LogP contribution in [-0.2, 0) is 4.79 Å². The fourth-order valence-electron chi connectivity index (χ4n) is 1.30. The van der Waals surface area contributed by atoms with Gasteiger partial charge in [-0.05, 0) is 6.92 Å². The molecule has 5 heteroatoms. The first kappa shape index (κ1) is 9.45. The van der Waals surface area contributed by atoms with Gasteiger partial charge in [0, 0.05) is 12.3 Å². The Balaban J connectivity index is 1.82. The number of nitrogens with zero attached hydrogens (tertiary/aromatic N) is 2. The number of rotatable bonds is 2. The van der Waals surface area contributed by atoms with Crippen molar-refractivity contribution in [1.29, 1.82) is 0 Å². The molecule has 76 valence electrons. The van der Waals surface area contributed by atoms with Crippen molar-refractivity contribution in [3.05, 3.63) is 11.1 Å². The summed E-state index contributed by atoms with van der Waals surface area (Å²) in [5.41, 5.74) is 0.979. The smallest absolute Gasteiger partial charge is 0.273 e. The van der Waals surface area contributed by atoms with Crippen molar-refractivity contribution in [2.45, 2.75) is 20.0 Å². The first-order chi connectivity index (χ1) is 6.65. The lowest BCUT2D eigenvalue weighted by molar-refractivity contribution is -0.137. The minimum Gasteiger partial charge on any atom is -0.463 e. The highest BCUT2D eigenvalue weighted by molar-refractivity contribution is 7.11. The van der Waals surface area contributed by atoms with E-state index in [0.29, 0.717) is 18.3 Å². The van der Waals surface area contributed by atoms with Crippen molar-refractivity contribution >= 4 is 17.2 Å². The molecule has 14 heavy (non-hydrogen) atoms. The number of carbonyl (C=O) groups is 1. The van der Waals surface area contributed by atoms with E-state index >= 15 is 0 Å². The van der Waals surface area contributed by atoms with E-state index in [1.807, 2.05) is 12.3 Å². The molecule has 1 saturated heterocycles.